The minimum absolute atomic E-state index is 0.223. The molecule has 0 amide bonds. The molecule has 186 valence electrons. The molecule has 10 heteroatoms. The van der Waals surface area contributed by atoms with Crippen LogP contribution in [0.2, 0.25) is 0 Å². The third-order valence-corrected chi connectivity index (χ3v) is 6.58. The maximum Gasteiger partial charge on any atom is 0.338 e. The van der Waals surface area contributed by atoms with Gasteiger partial charge in [-0.1, -0.05) is 29.5 Å². The summed E-state index contributed by atoms with van der Waals surface area (Å²) < 4.78 is 22.8. The zero-order valence-electron chi connectivity index (χ0n) is 20.4. The second-order valence-electron chi connectivity index (χ2n) is 7.85. The lowest BCUT2D eigenvalue weighted by Crippen LogP contribution is -2.39. The molecule has 0 saturated heterocycles. The highest BCUT2D eigenvalue weighted by molar-refractivity contribution is 7.07. The zero-order chi connectivity index (χ0) is 26.0. The fourth-order valence-electron chi connectivity index (χ4n) is 3.95. The van der Waals surface area contributed by atoms with E-state index in [-0.39, 0.29) is 22.6 Å². The Hall–Kier alpha value is -4.18. The number of carbonyl (C=O) groups is 2. The van der Waals surface area contributed by atoms with E-state index >= 15 is 0 Å². The van der Waals surface area contributed by atoms with Gasteiger partial charge in [0.15, 0.2) is 16.3 Å². The van der Waals surface area contributed by atoms with Crippen LogP contribution in [0.4, 0.5) is 0 Å². The number of ether oxygens (including phenoxy) is 4. The Kier molecular flexibility index (Phi) is 7.07. The molecule has 0 radical (unpaired) electrons. The molecular weight excluding hydrogens is 484 g/mol. The highest BCUT2D eigenvalue weighted by Gasteiger charge is 2.33. The van der Waals surface area contributed by atoms with Gasteiger partial charge in [-0.15, -0.1) is 0 Å². The molecule has 9 nitrogen and oxygen atoms in total. The maximum absolute atomic E-state index is 13.6. The second kappa shape index (κ2) is 10.2. The standard InChI is InChI=1S/C26H24N2O7S/c1-14-22(25(31)34-5)23(17-8-11-19(35-15(2)29)20(13-17)33-4)28-24(30)21(36-26(28)27-14)12-16-6-9-18(32-3)10-7-16/h6-13,23H,1-5H3/b21-12+/t23-/m1/s1. The number of aromatic nitrogens is 1. The van der Waals surface area contributed by atoms with Crippen LogP contribution in [-0.2, 0) is 14.3 Å². The molecular formula is C26H24N2O7S. The average molecular weight is 509 g/mol. The Morgan fingerprint density at radius 2 is 1.75 bits per heavy atom. The lowest BCUT2D eigenvalue weighted by Gasteiger charge is -2.25. The van der Waals surface area contributed by atoms with Crippen LogP contribution < -0.4 is 29.1 Å². The normalized spacial score (nSPS) is 15.1. The molecule has 3 aromatic rings. The third kappa shape index (κ3) is 4.67. The first kappa shape index (κ1) is 24.9. The number of benzene rings is 2. The summed E-state index contributed by atoms with van der Waals surface area (Å²) in [4.78, 5) is 42.9. The summed E-state index contributed by atoms with van der Waals surface area (Å²) >= 11 is 1.22. The molecule has 2 heterocycles. The number of rotatable bonds is 6. The van der Waals surface area contributed by atoms with Crippen LogP contribution in [-0.4, -0.2) is 37.8 Å². The monoisotopic (exact) mass is 508 g/mol. The van der Waals surface area contributed by atoms with Gasteiger partial charge in [-0.05, 0) is 48.4 Å². The number of thiazole rings is 1. The molecule has 1 aliphatic rings. The summed E-state index contributed by atoms with van der Waals surface area (Å²) in [5.74, 6) is 0.105. The van der Waals surface area contributed by atoms with E-state index in [9.17, 15) is 14.4 Å². The van der Waals surface area contributed by atoms with Crippen LogP contribution >= 0.6 is 11.3 Å². The quantitative estimate of drug-likeness (QED) is 0.372. The van der Waals surface area contributed by atoms with E-state index in [4.69, 9.17) is 18.9 Å². The van der Waals surface area contributed by atoms with Crippen LogP contribution in [0.3, 0.4) is 0 Å². The van der Waals surface area contributed by atoms with Gasteiger partial charge >= 0.3 is 11.9 Å². The number of fused-ring (bicyclic) bond motifs is 1. The third-order valence-electron chi connectivity index (χ3n) is 5.60. The van der Waals surface area contributed by atoms with Crippen molar-refractivity contribution in [2.24, 2.45) is 4.99 Å². The zero-order valence-corrected chi connectivity index (χ0v) is 21.2. The van der Waals surface area contributed by atoms with E-state index in [0.717, 1.165) is 5.56 Å². The molecule has 4 rings (SSSR count). The van der Waals surface area contributed by atoms with Crippen molar-refractivity contribution in [3.63, 3.8) is 0 Å². The van der Waals surface area contributed by atoms with Crippen molar-refractivity contribution < 1.29 is 28.5 Å². The van der Waals surface area contributed by atoms with Crippen molar-refractivity contribution in [2.45, 2.75) is 19.9 Å². The van der Waals surface area contributed by atoms with Gasteiger partial charge in [0.05, 0.1) is 43.2 Å². The van der Waals surface area contributed by atoms with Crippen molar-refractivity contribution in [2.75, 3.05) is 21.3 Å². The molecule has 2 aromatic carbocycles. The van der Waals surface area contributed by atoms with Crippen LogP contribution in [0.15, 0.2) is 63.5 Å². The van der Waals surface area contributed by atoms with E-state index in [2.05, 4.69) is 4.99 Å². The number of nitrogens with zero attached hydrogens (tertiary/aromatic N) is 2. The molecule has 0 spiro atoms. The molecule has 1 aromatic heterocycles. The topological polar surface area (TPSA) is 105 Å². The first-order chi connectivity index (χ1) is 17.3. The highest BCUT2D eigenvalue weighted by Crippen LogP contribution is 2.36. The fourth-order valence-corrected chi connectivity index (χ4v) is 5.00. The Labute approximate surface area is 210 Å². The Bertz CT molecular complexity index is 1550. The molecule has 1 aliphatic heterocycles. The van der Waals surface area contributed by atoms with Crippen LogP contribution in [0.25, 0.3) is 6.08 Å². The Balaban J connectivity index is 1.93. The lowest BCUT2D eigenvalue weighted by atomic mass is 9.95. The summed E-state index contributed by atoms with van der Waals surface area (Å²) in [6.07, 6.45) is 1.77. The highest BCUT2D eigenvalue weighted by atomic mass is 32.1. The lowest BCUT2D eigenvalue weighted by molar-refractivity contribution is -0.136. The maximum atomic E-state index is 13.6. The number of hydrogen-bond acceptors (Lipinski definition) is 9. The van der Waals surface area contributed by atoms with Gasteiger partial charge in [0.1, 0.15) is 5.75 Å². The van der Waals surface area contributed by atoms with Gasteiger partial charge in [-0.2, -0.15) is 0 Å². The number of esters is 2. The summed E-state index contributed by atoms with van der Waals surface area (Å²) in [6.45, 7) is 2.99. The van der Waals surface area contributed by atoms with Gasteiger partial charge in [0.25, 0.3) is 5.56 Å². The number of methoxy groups -OCH3 is 3. The number of carbonyl (C=O) groups excluding carboxylic acids is 2. The van der Waals surface area contributed by atoms with E-state index in [1.807, 2.05) is 24.3 Å². The molecule has 0 aliphatic carbocycles. The molecule has 0 saturated carbocycles. The predicted molar refractivity (Wildman–Crippen MR) is 133 cm³/mol. The fraction of sp³-hybridized carbons (Fsp3) is 0.231. The van der Waals surface area contributed by atoms with Gasteiger partial charge < -0.3 is 18.9 Å². The summed E-state index contributed by atoms with van der Waals surface area (Å²) in [7, 11) is 4.30. The van der Waals surface area contributed by atoms with Crippen LogP contribution in [0.1, 0.15) is 31.0 Å². The second-order valence-corrected chi connectivity index (χ2v) is 8.86. The summed E-state index contributed by atoms with van der Waals surface area (Å²) in [5.41, 5.74) is 1.73. The molecule has 0 unspecified atom stereocenters. The molecule has 0 bridgehead atoms. The molecule has 0 fully saturated rings. The van der Waals surface area contributed by atoms with Gasteiger partial charge in [0.2, 0.25) is 0 Å². The summed E-state index contributed by atoms with van der Waals surface area (Å²) in [6, 6.07) is 11.3. The molecule has 0 N–H and O–H groups in total. The molecule has 1 atom stereocenters. The van der Waals surface area contributed by atoms with Gasteiger partial charge in [-0.25, -0.2) is 9.79 Å². The van der Waals surface area contributed by atoms with Crippen molar-refractivity contribution in [1.29, 1.82) is 0 Å². The molecule has 36 heavy (non-hydrogen) atoms. The number of allylic oxidation sites excluding steroid dienone is 1. The number of hydrogen-bond donors (Lipinski definition) is 0. The SMILES string of the molecule is COC(=O)C1=C(C)N=c2s/c(=C/c3ccc(OC)cc3)c(=O)n2[C@@H]1c1ccc(OC(C)=O)c(OC)c1. The average Bonchev–Trinajstić information content (AvgIpc) is 3.17. The minimum atomic E-state index is -0.827. The van der Waals surface area contributed by atoms with Crippen molar-refractivity contribution in [1.82, 2.24) is 4.57 Å². The van der Waals surface area contributed by atoms with Gasteiger partial charge in [0, 0.05) is 6.92 Å². The van der Waals surface area contributed by atoms with E-state index in [1.54, 1.807) is 38.3 Å². The Morgan fingerprint density at radius 1 is 1.03 bits per heavy atom. The minimum Gasteiger partial charge on any atom is -0.497 e. The van der Waals surface area contributed by atoms with Gasteiger partial charge in [-0.3, -0.25) is 14.2 Å². The predicted octanol–water partition coefficient (Wildman–Crippen LogP) is 2.35. The van der Waals surface area contributed by atoms with Crippen LogP contribution in [0.5, 0.6) is 17.2 Å². The summed E-state index contributed by atoms with van der Waals surface area (Å²) in [5, 5.41) is 0. The first-order valence-electron chi connectivity index (χ1n) is 10.9. The first-order valence-corrected chi connectivity index (χ1v) is 11.7. The van der Waals surface area contributed by atoms with Crippen LogP contribution in [0, 0.1) is 0 Å². The van der Waals surface area contributed by atoms with Crippen molar-refractivity contribution in [3.8, 4) is 17.2 Å². The van der Waals surface area contributed by atoms with E-state index < -0.39 is 18.0 Å². The van der Waals surface area contributed by atoms with Crippen molar-refractivity contribution >= 4 is 29.4 Å². The largest absolute Gasteiger partial charge is 0.497 e. The van der Waals surface area contributed by atoms with Crippen molar-refractivity contribution in [3.05, 3.63) is 84.5 Å². The smallest absolute Gasteiger partial charge is 0.338 e. The van der Waals surface area contributed by atoms with E-state index in [1.165, 1.54) is 37.0 Å². The van der Waals surface area contributed by atoms with E-state index in [0.29, 0.717) is 26.3 Å². The Morgan fingerprint density at radius 3 is 2.36 bits per heavy atom.